The lowest BCUT2D eigenvalue weighted by Crippen LogP contribution is -2.54. The molecule has 0 spiro atoms. The predicted molar refractivity (Wildman–Crippen MR) is 84.6 cm³/mol. The number of nitrogens with zero attached hydrogens (tertiary/aromatic N) is 2. The smallest absolute Gasteiger partial charge is 0.237 e. The summed E-state index contributed by atoms with van der Waals surface area (Å²) >= 11 is 0. The number of anilines is 1. The van der Waals surface area contributed by atoms with Crippen LogP contribution in [-0.2, 0) is 4.79 Å². The van der Waals surface area contributed by atoms with Crippen molar-refractivity contribution in [1.82, 2.24) is 10.2 Å². The van der Waals surface area contributed by atoms with Gasteiger partial charge in [-0.05, 0) is 45.0 Å². The van der Waals surface area contributed by atoms with Crippen LogP contribution >= 0.6 is 0 Å². The number of aromatic hydroxyl groups is 1. The first-order chi connectivity index (χ1) is 9.97. The molecule has 1 amide bonds. The first-order valence-electron chi connectivity index (χ1n) is 7.56. The topological polar surface area (TPSA) is 55.8 Å². The van der Waals surface area contributed by atoms with Crippen molar-refractivity contribution in [2.24, 2.45) is 0 Å². The molecule has 1 heterocycles. The number of rotatable bonds is 4. The van der Waals surface area contributed by atoms with E-state index in [1.807, 2.05) is 32.9 Å². The monoisotopic (exact) mass is 291 g/mol. The van der Waals surface area contributed by atoms with Crippen molar-refractivity contribution in [3.05, 3.63) is 24.3 Å². The van der Waals surface area contributed by atoms with Crippen LogP contribution in [0.5, 0.6) is 5.75 Å². The third-order valence-electron chi connectivity index (χ3n) is 3.89. The molecule has 116 valence electrons. The van der Waals surface area contributed by atoms with Crippen LogP contribution < -0.4 is 10.2 Å². The van der Waals surface area contributed by atoms with Crippen molar-refractivity contribution in [2.45, 2.75) is 32.9 Å². The number of piperazine rings is 1. The summed E-state index contributed by atoms with van der Waals surface area (Å²) in [5, 5.41) is 12.3. The van der Waals surface area contributed by atoms with Gasteiger partial charge in [-0.15, -0.1) is 0 Å². The van der Waals surface area contributed by atoms with Gasteiger partial charge in [0.1, 0.15) is 5.75 Å². The van der Waals surface area contributed by atoms with Crippen LogP contribution in [-0.4, -0.2) is 54.2 Å². The van der Waals surface area contributed by atoms with Gasteiger partial charge in [-0.2, -0.15) is 0 Å². The number of nitrogens with one attached hydrogen (secondary N) is 1. The van der Waals surface area contributed by atoms with Crippen LogP contribution in [0.3, 0.4) is 0 Å². The summed E-state index contributed by atoms with van der Waals surface area (Å²) < 4.78 is 0. The van der Waals surface area contributed by atoms with Crippen molar-refractivity contribution in [2.75, 3.05) is 31.1 Å². The Labute approximate surface area is 126 Å². The van der Waals surface area contributed by atoms with Crippen molar-refractivity contribution in [3.8, 4) is 5.75 Å². The molecule has 2 rings (SSSR count). The lowest BCUT2D eigenvalue weighted by Gasteiger charge is -2.38. The predicted octanol–water partition coefficient (Wildman–Crippen LogP) is 1.43. The highest BCUT2D eigenvalue weighted by molar-refractivity contribution is 5.81. The van der Waals surface area contributed by atoms with Crippen LogP contribution in [0.1, 0.15) is 20.8 Å². The number of phenolic OH excluding ortho intramolecular Hbond substituents is 1. The second-order valence-electron chi connectivity index (χ2n) is 5.88. The molecule has 1 fully saturated rings. The maximum Gasteiger partial charge on any atom is 0.237 e. The Morgan fingerprint density at radius 3 is 2.19 bits per heavy atom. The van der Waals surface area contributed by atoms with Crippen LogP contribution in [0.4, 0.5) is 5.69 Å². The molecule has 2 N–H and O–H groups in total. The van der Waals surface area contributed by atoms with Crippen molar-refractivity contribution in [3.63, 3.8) is 0 Å². The van der Waals surface area contributed by atoms with Gasteiger partial charge in [0.15, 0.2) is 0 Å². The molecule has 0 aromatic heterocycles. The van der Waals surface area contributed by atoms with E-state index in [2.05, 4.69) is 15.1 Å². The molecule has 0 saturated carbocycles. The Balaban J connectivity index is 1.88. The molecule has 1 aliphatic heterocycles. The average Bonchev–Trinajstić information content (AvgIpc) is 2.47. The quantitative estimate of drug-likeness (QED) is 0.881. The van der Waals surface area contributed by atoms with E-state index in [-0.39, 0.29) is 23.7 Å². The van der Waals surface area contributed by atoms with Crippen LogP contribution in [0.25, 0.3) is 0 Å². The number of amides is 1. The van der Waals surface area contributed by atoms with E-state index < -0.39 is 0 Å². The molecular weight excluding hydrogens is 266 g/mol. The standard InChI is InChI=1S/C16H25N3O2/c1-12(2)17-16(21)13(3)18-8-10-19(11-9-18)14-4-6-15(20)7-5-14/h4-7,12-13,20H,8-11H2,1-3H3,(H,17,21). The van der Waals surface area contributed by atoms with Crippen molar-refractivity contribution >= 4 is 11.6 Å². The van der Waals surface area contributed by atoms with E-state index in [1.54, 1.807) is 12.1 Å². The lowest BCUT2D eigenvalue weighted by atomic mass is 10.2. The Morgan fingerprint density at radius 2 is 1.67 bits per heavy atom. The average molecular weight is 291 g/mol. The zero-order valence-corrected chi connectivity index (χ0v) is 13.0. The number of hydrogen-bond donors (Lipinski definition) is 2. The summed E-state index contributed by atoms with van der Waals surface area (Å²) in [6.45, 7) is 9.45. The Morgan fingerprint density at radius 1 is 1.10 bits per heavy atom. The highest BCUT2D eigenvalue weighted by Gasteiger charge is 2.25. The molecule has 1 aliphatic rings. The Hall–Kier alpha value is -1.75. The third kappa shape index (κ3) is 4.11. The Kier molecular flexibility index (Phi) is 5.07. The first-order valence-corrected chi connectivity index (χ1v) is 7.56. The van der Waals surface area contributed by atoms with Gasteiger partial charge in [-0.25, -0.2) is 0 Å². The molecule has 0 radical (unpaired) electrons. The van der Waals surface area contributed by atoms with Gasteiger partial charge in [0.2, 0.25) is 5.91 Å². The zero-order chi connectivity index (χ0) is 15.4. The number of phenols is 1. The minimum absolute atomic E-state index is 0.0885. The number of carbonyl (C=O) groups is 1. The minimum Gasteiger partial charge on any atom is -0.508 e. The van der Waals surface area contributed by atoms with Crippen LogP contribution in [0, 0.1) is 0 Å². The molecule has 1 aromatic rings. The molecular formula is C16H25N3O2. The van der Waals surface area contributed by atoms with Gasteiger partial charge in [0, 0.05) is 37.9 Å². The molecule has 1 unspecified atom stereocenters. The molecule has 1 atom stereocenters. The second-order valence-corrected chi connectivity index (χ2v) is 5.88. The lowest BCUT2D eigenvalue weighted by molar-refractivity contribution is -0.126. The summed E-state index contributed by atoms with van der Waals surface area (Å²) in [6.07, 6.45) is 0. The van der Waals surface area contributed by atoms with Gasteiger partial charge < -0.3 is 15.3 Å². The summed E-state index contributed by atoms with van der Waals surface area (Å²) in [6, 6.07) is 7.37. The van der Waals surface area contributed by atoms with Gasteiger partial charge in [-0.1, -0.05) is 0 Å². The number of hydrogen-bond acceptors (Lipinski definition) is 4. The van der Waals surface area contributed by atoms with Gasteiger partial charge in [0.05, 0.1) is 6.04 Å². The van der Waals surface area contributed by atoms with E-state index in [4.69, 9.17) is 0 Å². The summed E-state index contributed by atoms with van der Waals surface area (Å²) in [5.74, 6) is 0.388. The van der Waals surface area contributed by atoms with Gasteiger partial charge in [0.25, 0.3) is 0 Å². The molecule has 1 saturated heterocycles. The van der Waals surface area contributed by atoms with Crippen LogP contribution in [0.15, 0.2) is 24.3 Å². The molecule has 5 heteroatoms. The molecule has 21 heavy (non-hydrogen) atoms. The summed E-state index contributed by atoms with van der Waals surface area (Å²) in [5.41, 5.74) is 1.12. The van der Waals surface area contributed by atoms with Crippen molar-refractivity contribution in [1.29, 1.82) is 0 Å². The molecule has 1 aromatic carbocycles. The summed E-state index contributed by atoms with van der Waals surface area (Å²) in [7, 11) is 0. The van der Waals surface area contributed by atoms with Crippen molar-refractivity contribution < 1.29 is 9.90 Å². The fourth-order valence-corrected chi connectivity index (χ4v) is 2.60. The van der Waals surface area contributed by atoms with E-state index in [0.29, 0.717) is 0 Å². The number of carbonyl (C=O) groups excluding carboxylic acids is 1. The third-order valence-corrected chi connectivity index (χ3v) is 3.89. The first kappa shape index (κ1) is 15.6. The van der Waals surface area contributed by atoms with E-state index in [9.17, 15) is 9.90 Å². The number of benzene rings is 1. The maximum atomic E-state index is 12.0. The van der Waals surface area contributed by atoms with Gasteiger partial charge >= 0.3 is 0 Å². The largest absolute Gasteiger partial charge is 0.508 e. The fraction of sp³-hybridized carbons (Fsp3) is 0.562. The fourth-order valence-electron chi connectivity index (χ4n) is 2.60. The maximum absolute atomic E-state index is 12.0. The van der Waals surface area contributed by atoms with E-state index in [0.717, 1.165) is 31.9 Å². The minimum atomic E-state index is -0.0885. The second kappa shape index (κ2) is 6.80. The highest BCUT2D eigenvalue weighted by atomic mass is 16.3. The molecule has 5 nitrogen and oxygen atoms in total. The SMILES string of the molecule is CC(C)NC(=O)C(C)N1CCN(c2ccc(O)cc2)CC1. The molecule has 0 bridgehead atoms. The van der Waals surface area contributed by atoms with E-state index >= 15 is 0 Å². The zero-order valence-electron chi connectivity index (χ0n) is 13.0. The summed E-state index contributed by atoms with van der Waals surface area (Å²) in [4.78, 5) is 16.5. The van der Waals surface area contributed by atoms with E-state index in [1.165, 1.54) is 0 Å². The Bertz CT molecular complexity index is 465. The normalized spacial score (nSPS) is 17.8. The van der Waals surface area contributed by atoms with Crippen LogP contribution in [0.2, 0.25) is 0 Å². The molecule has 0 aliphatic carbocycles. The highest BCUT2D eigenvalue weighted by Crippen LogP contribution is 2.20. The van der Waals surface area contributed by atoms with Gasteiger partial charge in [-0.3, -0.25) is 9.69 Å².